The maximum Gasteiger partial charge on any atom is 0.490 e. The van der Waals surface area contributed by atoms with Gasteiger partial charge in [0, 0.05) is 50.5 Å². The summed E-state index contributed by atoms with van der Waals surface area (Å²) in [4.78, 5) is 34.7. The topological polar surface area (TPSA) is 115 Å². The van der Waals surface area contributed by atoms with Gasteiger partial charge in [-0.1, -0.05) is 6.07 Å². The lowest BCUT2D eigenvalue weighted by molar-refractivity contribution is -0.193. The highest BCUT2D eigenvalue weighted by Crippen LogP contribution is 2.28. The van der Waals surface area contributed by atoms with E-state index in [2.05, 4.69) is 60.9 Å². The number of piperazine rings is 1. The average molecular weight is 611 g/mol. The number of aliphatic carboxylic acids is 2. The number of anilines is 1. The van der Waals surface area contributed by atoms with Crippen molar-refractivity contribution in [3.05, 3.63) is 46.7 Å². The molecule has 0 saturated carbocycles. The van der Waals surface area contributed by atoms with Crippen LogP contribution in [0.3, 0.4) is 0 Å². The first kappa shape index (κ1) is 32.1. The van der Waals surface area contributed by atoms with Crippen LogP contribution in [0.4, 0.5) is 32.2 Å². The fourth-order valence-corrected chi connectivity index (χ4v) is 4.95. The van der Waals surface area contributed by atoms with Crippen LogP contribution in [0.15, 0.2) is 36.0 Å². The quantitative estimate of drug-likeness (QED) is 0.421. The Bertz CT molecular complexity index is 1270. The molecule has 5 heterocycles. The molecule has 2 aliphatic heterocycles. The van der Waals surface area contributed by atoms with Gasteiger partial charge >= 0.3 is 24.3 Å². The van der Waals surface area contributed by atoms with Crippen molar-refractivity contribution in [2.24, 2.45) is 0 Å². The molecule has 1 atom stereocenters. The Balaban J connectivity index is 0.000000276. The standard InChI is InChI=1S/C20H26N6S.2C2HF3O2/c1-23-10-11-24(15-19-21-7-12-27-19)14-17(23)16-13-26-18(22-16)5-4-6-20(26)25-8-2-3-9-25;2*3-2(4,5)1(6)7/h4-7,12-13,17H,2-3,8-11,14-15H2,1H3;2*(H,6,7). The van der Waals surface area contributed by atoms with E-state index in [1.165, 1.54) is 29.4 Å². The molecule has 3 aromatic heterocycles. The molecule has 2 fully saturated rings. The number of carboxylic acids is 2. The van der Waals surface area contributed by atoms with Gasteiger partial charge in [0.05, 0.1) is 18.3 Å². The van der Waals surface area contributed by atoms with Gasteiger partial charge < -0.3 is 15.1 Å². The molecule has 3 aromatic rings. The summed E-state index contributed by atoms with van der Waals surface area (Å²) in [7, 11) is 2.22. The number of rotatable bonds is 4. The Labute approximate surface area is 234 Å². The lowest BCUT2D eigenvalue weighted by Gasteiger charge is -2.38. The molecule has 17 heteroatoms. The Morgan fingerprint density at radius 3 is 2.15 bits per heavy atom. The van der Waals surface area contributed by atoms with E-state index >= 15 is 0 Å². The largest absolute Gasteiger partial charge is 0.490 e. The van der Waals surface area contributed by atoms with Crippen molar-refractivity contribution < 1.29 is 46.1 Å². The molecular weight excluding hydrogens is 582 g/mol. The molecule has 5 rings (SSSR count). The summed E-state index contributed by atoms with van der Waals surface area (Å²) in [6, 6.07) is 6.81. The summed E-state index contributed by atoms with van der Waals surface area (Å²) >= 11 is 1.74. The number of pyridine rings is 1. The van der Waals surface area contributed by atoms with Crippen molar-refractivity contribution >= 4 is 34.7 Å². The molecule has 1 unspecified atom stereocenters. The van der Waals surface area contributed by atoms with Gasteiger partial charge in [-0.15, -0.1) is 11.3 Å². The second-order valence-electron chi connectivity index (χ2n) is 9.24. The SMILES string of the molecule is CN1CCN(Cc2nccs2)CC1c1cn2c(N3CCCC3)cccc2n1.O=C(O)C(F)(F)F.O=C(O)C(F)(F)F. The van der Waals surface area contributed by atoms with Gasteiger partial charge in [0.25, 0.3) is 0 Å². The summed E-state index contributed by atoms with van der Waals surface area (Å²) in [6.07, 6.45) is -3.43. The fourth-order valence-electron chi connectivity index (χ4n) is 4.30. The number of fused-ring (bicyclic) bond motifs is 1. The van der Waals surface area contributed by atoms with Gasteiger partial charge in [0.1, 0.15) is 16.5 Å². The minimum absolute atomic E-state index is 0.324. The first-order chi connectivity index (χ1) is 19.2. The Morgan fingerprint density at radius 1 is 1.00 bits per heavy atom. The maximum absolute atomic E-state index is 10.6. The second kappa shape index (κ2) is 13.5. The van der Waals surface area contributed by atoms with Crippen molar-refractivity contribution in [3.63, 3.8) is 0 Å². The highest BCUT2D eigenvalue weighted by Gasteiger charge is 2.39. The molecule has 0 aliphatic carbocycles. The van der Waals surface area contributed by atoms with E-state index in [4.69, 9.17) is 24.8 Å². The van der Waals surface area contributed by atoms with Crippen LogP contribution < -0.4 is 4.90 Å². The molecule has 0 aromatic carbocycles. The zero-order valence-corrected chi connectivity index (χ0v) is 22.6. The van der Waals surface area contributed by atoms with Crippen molar-refractivity contribution in [2.75, 3.05) is 44.7 Å². The van der Waals surface area contributed by atoms with Crippen LogP contribution in [0.1, 0.15) is 29.6 Å². The Kier molecular flexibility index (Phi) is 10.5. The summed E-state index contributed by atoms with van der Waals surface area (Å²) in [5.74, 6) is -4.23. The Hall–Kier alpha value is -3.44. The number of carboxylic acid groups (broad SMARTS) is 2. The number of likely N-dealkylation sites (N-methyl/N-ethyl adjacent to an activating group) is 1. The zero-order chi connectivity index (χ0) is 30.4. The van der Waals surface area contributed by atoms with Crippen molar-refractivity contribution in [1.82, 2.24) is 24.2 Å². The van der Waals surface area contributed by atoms with Crippen LogP contribution in [0, 0.1) is 0 Å². The molecule has 10 nitrogen and oxygen atoms in total. The van der Waals surface area contributed by atoms with Crippen LogP contribution in [-0.2, 0) is 16.1 Å². The number of hydrogen-bond donors (Lipinski definition) is 2. The van der Waals surface area contributed by atoms with Crippen LogP contribution >= 0.6 is 11.3 Å². The lowest BCUT2D eigenvalue weighted by atomic mass is 10.1. The smallest absolute Gasteiger partial charge is 0.475 e. The zero-order valence-electron chi connectivity index (χ0n) is 21.8. The van der Waals surface area contributed by atoms with Crippen molar-refractivity contribution in [2.45, 2.75) is 37.8 Å². The number of thiazole rings is 1. The number of nitrogens with zero attached hydrogens (tertiary/aromatic N) is 6. The number of hydrogen-bond acceptors (Lipinski definition) is 8. The molecular formula is C24H28F6N6O4S. The van der Waals surface area contributed by atoms with E-state index in [1.54, 1.807) is 11.3 Å². The predicted octanol–water partition coefficient (Wildman–Crippen LogP) is 4.15. The van der Waals surface area contributed by atoms with E-state index in [0.717, 1.165) is 44.9 Å². The van der Waals surface area contributed by atoms with Gasteiger partial charge in [-0.3, -0.25) is 14.2 Å². The maximum atomic E-state index is 10.6. The number of carbonyl (C=O) groups is 2. The minimum Gasteiger partial charge on any atom is -0.475 e. The molecule has 226 valence electrons. The molecule has 0 radical (unpaired) electrons. The van der Waals surface area contributed by atoms with Crippen molar-refractivity contribution in [1.29, 1.82) is 0 Å². The number of alkyl halides is 6. The molecule has 2 saturated heterocycles. The third kappa shape index (κ3) is 9.02. The van der Waals surface area contributed by atoms with Crippen LogP contribution in [0.25, 0.3) is 5.65 Å². The van der Waals surface area contributed by atoms with E-state index < -0.39 is 24.3 Å². The third-order valence-electron chi connectivity index (χ3n) is 6.32. The van der Waals surface area contributed by atoms with Gasteiger partial charge in [-0.25, -0.2) is 19.6 Å². The summed E-state index contributed by atoms with van der Waals surface area (Å²) in [6.45, 7) is 6.38. The molecule has 0 bridgehead atoms. The first-order valence-electron chi connectivity index (χ1n) is 12.3. The molecule has 41 heavy (non-hydrogen) atoms. The normalized spacial score (nSPS) is 18.4. The lowest BCUT2D eigenvalue weighted by Crippen LogP contribution is -2.46. The number of halogens is 6. The van der Waals surface area contributed by atoms with Crippen molar-refractivity contribution in [3.8, 4) is 0 Å². The fraction of sp³-hybridized carbons (Fsp3) is 0.500. The van der Waals surface area contributed by atoms with Gasteiger partial charge in [-0.05, 0) is 32.0 Å². The molecule has 0 amide bonds. The Morgan fingerprint density at radius 2 is 1.61 bits per heavy atom. The summed E-state index contributed by atoms with van der Waals surface area (Å²) < 4.78 is 65.8. The van der Waals surface area contributed by atoms with E-state index in [-0.39, 0.29) is 0 Å². The van der Waals surface area contributed by atoms with E-state index in [0.29, 0.717) is 6.04 Å². The highest BCUT2D eigenvalue weighted by molar-refractivity contribution is 7.09. The van der Waals surface area contributed by atoms with Crippen LogP contribution in [0.5, 0.6) is 0 Å². The molecule has 2 N–H and O–H groups in total. The summed E-state index contributed by atoms with van der Waals surface area (Å²) in [5.41, 5.74) is 2.23. The number of aromatic nitrogens is 3. The van der Waals surface area contributed by atoms with Gasteiger partial charge in [0.2, 0.25) is 0 Å². The average Bonchev–Trinajstić information content (AvgIpc) is 3.66. The highest BCUT2D eigenvalue weighted by atomic mass is 32.1. The van der Waals surface area contributed by atoms with Crippen LogP contribution in [-0.4, -0.2) is 98.4 Å². The monoisotopic (exact) mass is 610 g/mol. The first-order valence-corrected chi connectivity index (χ1v) is 13.2. The van der Waals surface area contributed by atoms with E-state index in [9.17, 15) is 26.3 Å². The van der Waals surface area contributed by atoms with E-state index in [1.807, 2.05) is 6.20 Å². The number of imidazole rings is 1. The molecule has 2 aliphatic rings. The predicted molar refractivity (Wildman–Crippen MR) is 137 cm³/mol. The summed E-state index contributed by atoms with van der Waals surface area (Å²) in [5, 5.41) is 17.5. The van der Waals surface area contributed by atoms with Crippen LogP contribution in [0.2, 0.25) is 0 Å². The minimum atomic E-state index is -5.08. The third-order valence-corrected chi connectivity index (χ3v) is 7.08. The van der Waals surface area contributed by atoms with Gasteiger partial charge in [-0.2, -0.15) is 26.3 Å². The molecule has 0 spiro atoms. The van der Waals surface area contributed by atoms with Gasteiger partial charge in [0.15, 0.2) is 0 Å². The second-order valence-corrected chi connectivity index (χ2v) is 10.2.